The number of carbonyl (C=O) groups is 1. The molecule has 1 N–H and O–H groups in total. The molecule has 1 heterocycles. The molecule has 1 aliphatic rings. The van der Waals surface area contributed by atoms with E-state index in [-0.39, 0.29) is 5.91 Å². The van der Waals surface area contributed by atoms with Gasteiger partial charge in [0.15, 0.2) is 0 Å². The third kappa shape index (κ3) is 4.58. The van der Waals surface area contributed by atoms with E-state index in [1.54, 1.807) is 0 Å². The lowest BCUT2D eigenvalue weighted by Crippen LogP contribution is -2.35. The lowest BCUT2D eigenvalue weighted by atomic mass is 9.95. The summed E-state index contributed by atoms with van der Waals surface area (Å²) in [5.74, 6) is 0.915. The Kier molecular flexibility index (Phi) is 5.34. The van der Waals surface area contributed by atoms with Crippen molar-refractivity contribution in [2.75, 3.05) is 0 Å². The van der Waals surface area contributed by atoms with Gasteiger partial charge in [0.05, 0.1) is 4.88 Å². The first-order valence-electron chi connectivity index (χ1n) is 8.28. The van der Waals surface area contributed by atoms with Crippen LogP contribution in [0.3, 0.4) is 0 Å². The highest BCUT2D eigenvalue weighted by atomic mass is 32.1. The van der Waals surface area contributed by atoms with Gasteiger partial charge in [-0.1, -0.05) is 37.0 Å². The highest BCUT2D eigenvalue weighted by Gasteiger charge is 2.17. The molecule has 1 aromatic carbocycles. The monoisotopic (exact) mass is 329 g/mol. The van der Waals surface area contributed by atoms with E-state index >= 15 is 0 Å². The quantitative estimate of drug-likeness (QED) is 0.863. The normalized spacial score (nSPS) is 15.3. The number of carbonyl (C=O) groups excluding carboxylic acids is 1. The number of nitrogens with one attached hydrogen (secondary N) is 1. The fraction of sp³-hybridized carbons (Fsp3) is 0.421. The van der Waals surface area contributed by atoms with E-state index in [0.29, 0.717) is 12.6 Å². The van der Waals surface area contributed by atoms with Crippen molar-refractivity contribution in [1.29, 1.82) is 0 Å². The zero-order valence-electron chi connectivity index (χ0n) is 13.5. The van der Waals surface area contributed by atoms with E-state index in [0.717, 1.165) is 29.0 Å². The number of rotatable bonds is 5. The van der Waals surface area contributed by atoms with Crippen molar-refractivity contribution in [2.24, 2.45) is 0 Å². The fourth-order valence-electron chi connectivity index (χ4n) is 2.87. The lowest BCUT2D eigenvalue weighted by Gasteiger charge is -2.22. The molecule has 0 spiro atoms. The van der Waals surface area contributed by atoms with Gasteiger partial charge in [-0.15, -0.1) is 11.3 Å². The minimum Gasteiger partial charge on any atom is -0.489 e. The Bertz CT molecular complexity index is 642. The molecule has 0 unspecified atom stereocenters. The Morgan fingerprint density at radius 3 is 2.70 bits per heavy atom. The molecule has 0 saturated heterocycles. The van der Waals surface area contributed by atoms with Gasteiger partial charge in [0.2, 0.25) is 0 Å². The molecule has 1 aromatic heterocycles. The average molecular weight is 329 g/mol. The lowest BCUT2D eigenvalue weighted by molar-refractivity contribution is 0.0932. The summed E-state index contributed by atoms with van der Waals surface area (Å²) in [4.78, 5) is 13.1. The molecule has 1 fully saturated rings. The van der Waals surface area contributed by atoms with Crippen molar-refractivity contribution in [3.05, 3.63) is 51.7 Å². The minimum absolute atomic E-state index is 0.0588. The van der Waals surface area contributed by atoms with Crippen LogP contribution in [0.15, 0.2) is 35.7 Å². The molecule has 3 nitrogen and oxygen atoms in total. The Balaban J connectivity index is 1.52. The van der Waals surface area contributed by atoms with Crippen molar-refractivity contribution in [1.82, 2.24) is 5.32 Å². The molecule has 0 radical (unpaired) electrons. The van der Waals surface area contributed by atoms with Crippen LogP contribution in [0.2, 0.25) is 0 Å². The largest absolute Gasteiger partial charge is 0.489 e. The van der Waals surface area contributed by atoms with E-state index in [2.05, 4.69) is 12.2 Å². The van der Waals surface area contributed by atoms with Crippen molar-refractivity contribution >= 4 is 17.2 Å². The second-order valence-electron chi connectivity index (χ2n) is 6.23. The Labute approximate surface area is 141 Å². The Morgan fingerprint density at radius 2 is 1.96 bits per heavy atom. The summed E-state index contributed by atoms with van der Waals surface area (Å²) in [5, 5.41) is 5.16. The van der Waals surface area contributed by atoms with Crippen LogP contribution < -0.4 is 10.1 Å². The minimum atomic E-state index is 0.0588. The van der Waals surface area contributed by atoms with Gasteiger partial charge in [-0.05, 0) is 43.3 Å². The van der Waals surface area contributed by atoms with Gasteiger partial charge < -0.3 is 10.1 Å². The van der Waals surface area contributed by atoms with Crippen LogP contribution >= 0.6 is 11.3 Å². The summed E-state index contributed by atoms with van der Waals surface area (Å²) >= 11 is 1.49. The smallest absolute Gasteiger partial charge is 0.261 e. The highest BCUT2D eigenvalue weighted by Crippen LogP contribution is 2.21. The SMILES string of the molecule is Cc1ccc(OCc2csc(C(=O)NC3CCCCC3)c2)cc1. The maximum atomic E-state index is 12.3. The van der Waals surface area contributed by atoms with E-state index in [4.69, 9.17) is 4.74 Å². The van der Waals surface area contributed by atoms with Gasteiger partial charge in [-0.2, -0.15) is 0 Å². The van der Waals surface area contributed by atoms with Crippen LogP contribution in [-0.2, 0) is 6.61 Å². The number of hydrogen-bond donors (Lipinski definition) is 1. The van der Waals surface area contributed by atoms with Gasteiger partial charge in [0.25, 0.3) is 5.91 Å². The summed E-state index contributed by atoms with van der Waals surface area (Å²) in [6, 6.07) is 10.3. The van der Waals surface area contributed by atoms with Crippen LogP contribution in [0.25, 0.3) is 0 Å². The topological polar surface area (TPSA) is 38.3 Å². The van der Waals surface area contributed by atoms with E-state index in [9.17, 15) is 4.79 Å². The molecule has 0 aliphatic heterocycles. The van der Waals surface area contributed by atoms with Crippen LogP contribution in [0.5, 0.6) is 5.75 Å². The summed E-state index contributed by atoms with van der Waals surface area (Å²) in [7, 11) is 0. The van der Waals surface area contributed by atoms with Gasteiger partial charge in [-0.25, -0.2) is 0 Å². The molecular formula is C19H23NO2S. The number of aryl methyl sites for hydroxylation is 1. The van der Waals surface area contributed by atoms with Crippen LogP contribution in [0, 0.1) is 6.92 Å². The highest BCUT2D eigenvalue weighted by molar-refractivity contribution is 7.12. The summed E-state index contributed by atoms with van der Waals surface area (Å²) in [5.41, 5.74) is 2.26. The van der Waals surface area contributed by atoms with E-state index in [1.807, 2.05) is 35.7 Å². The molecule has 1 aliphatic carbocycles. The van der Waals surface area contributed by atoms with Gasteiger partial charge in [0.1, 0.15) is 12.4 Å². The maximum Gasteiger partial charge on any atom is 0.261 e. The Morgan fingerprint density at radius 1 is 1.22 bits per heavy atom. The zero-order chi connectivity index (χ0) is 16.1. The van der Waals surface area contributed by atoms with Crippen LogP contribution in [-0.4, -0.2) is 11.9 Å². The van der Waals surface area contributed by atoms with Crippen molar-refractivity contribution in [3.63, 3.8) is 0 Å². The third-order valence-electron chi connectivity index (χ3n) is 4.24. The first-order chi connectivity index (χ1) is 11.2. The molecule has 0 bridgehead atoms. The summed E-state index contributed by atoms with van der Waals surface area (Å²) in [6.07, 6.45) is 5.98. The molecule has 3 rings (SSSR count). The fourth-order valence-corrected chi connectivity index (χ4v) is 3.67. The van der Waals surface area contributed by atoms with Gasteiger partial charge >= 0.3 is 0 Å². The molecule has 1 amide bonds. The van der Waals surface area contributed by atoms with Crippen LogP contribution in [0.1, 0.15) is 52.9 Å². The third-order valence-corrected chi connectivity index (χ3v) is 5.22. The molecule has 23 heavy (non-hydrogen) atoms. The van der Waals surface area contributed by atoms with Crippen LogP contribution in [0.4, 0.5) is 0 Å². The summed E-state index contributed by atoms with van der Waals surface area (Å²) < 4.78 is 5.77. The summed E-state index contributed by atoms with van der Waals surface area (Å²) in [6.45, 7) is 2.55. The molecule has 122 valence electrons. The predicted octanol–water partition coefficient (Wildman–Crippen LogP) is 4.70. The molecule has 0 atom stereocenters. The van der Waals surface area contributed by atoms with Gasteiger partial charge in [0, 0.05) is 11.6 Å². The standard InChI is InChI=1S/C19H23NO2S/c1-14-7-9-17(10-8-14)22-12-15-11-18(23-13-15)19(21)20-16-5-3-2-4-6-16/h7-11,13,16H,2-6,12H2,1H3,(H,20,21). The maximum absolute atomic E-state index is 12.3. The van der Waals surface area contributed by atoms with Crippen molar-refractivity contribution in [3.8, 4) is 5.75 Å². The number of ether oxygens (including phenoxy) is 1. The average Bonchev–Trinajstić information content (AvgIpc) is 3.04. The van der Waals surface area contributed by atoms with Gasteiger partial charge in [-0.3, -0.25) is 4.79 Å². The first kappa shape index (κ1) is 16.1. The second-order valence-corrected chi connectivity index (χ2v) is 7.14. The number of thiophene rings is 1. The van der Waals surface area contributed by atoms with Crippen molar-refractivity contribution in [2.45, 2.75) is 51.7 Å². The zero-order valence-corrected chi connectivity index (χ0v) is 14.3. The van der Waals surface area contributed by atoms with E-state index < -0.39 is 0 Å². The number of amides is 1. The van der Waals surface area contributed by atoms with E-state index in [1.165, 1.54) is 36.2 Å². The first-order valence-corrected chi connectivity index (χ1v) is 9.16. The molecule has 4 heteroatoms. The number of benzene rings is 1. The van der Waals surface area contributed by atoms with Crippen molar-refractivity contribution < 1.29 is 9.53 Å². The molecule has 2 aromatic rings. The predicted molar refractivity (Wildman–Crippen MR) is 94.2 cm³/mol. The molecular weight excluding hydrogens is 306 g/mol. The number of hydrogen-bond acceptors (Lipinski definition) is 3. The molecule has 1 saturated carbocycles. The second kappa shape index (κ2) is 7.64. The Hall–Kier alpha value is -1.81.